The summed E-state index contributed by atoms with van der Waals surface area (Å²) in [5.74, 6) is -3.47. The zero-order valence-electron chi connectivity index (χ0n) is 26.5. The number of ketones is 1. The van der Waals surface area contributed by atoms with Gasteiger partial charge in [0.2, 0.25) is 0 Å². The molecule has 3 unspecified atom stereocenters. The maximum absolute atomic E-state index is 13.5. The molecule has 1 amide bonds. The van der Waals surface area contributed by atoms with E-state index in [1.165, 1.54) is 16.8 Å². The number of fused-ring (bicyclic) bond motifs is 1. The first kappa shape index (κ1) is 33.5. The summed E-state index contributed by atoms with van der Waals surface area (Å²) in [6.45, 7) is 2.72. The van der Waals surface area contributed by atoms with E-state index in [-0.39, 0.29) is 29.9 Å². The van der Waals surface area contributed by atoms with Gasteiger partial charge in [0.15, 0.2) is 0 Å². The lowest BCUT2D eigenvalue weighted by atomic mass is 9.78. The van der Waals surface area contributed by atoms with Crippen molar-refractivity contribution in [1.82, 2.24) is 5.32 Å². The Hall–Kier alpha value is -3.41. The van der Waals surface area contributed by atoms with Crippen LogP contribution in [0, 0.1) is 23.2 Å². The summed E-state index contributed by atoms with van der Waals surface area (Å²) in [4.78, 5) is 25.9. The van der Waals surface area contributed by atoms with Crippen LogP contribution in [0.1, 0.15) is 100 Å². The monoisotopic (exact) mass is 606 g/mol. The van der Waals surface area contributed by atoms with Gasteiger partial charge in [-0.2, -0.15) is 5.26 Å². The number of nitriles is 1. The van der Waals surface area contributed by atoms with Gasteiger partial charge >= 0.3 is 0 Å². The molecular weight excluding hydrogens is 560 g/mol. The van der Waals surface area contributed by atoms with Gasteiger partial charge in [-0.3, -0.25) is 14.1 Å². The molecule has 3 atom stereocenters. The SMILES string of the molecule is CC1=C2C(C3CCCCC(CC(=O)CC(O)C(C)(F)F)CC3)=C[N+](C)(C)C2=CCCCC=C1NC(=O)c1cccc(C#N)c1. The molecule has 236 valence electrons. The maximum Gasteiger partial charge on any atom is 0.271 e. The van der Waals surface area contributed by atoms with E-state index in [1.54, 1.807) is 24.3 Å². The van der Waals surface area contributed by atoms with E-state index in [0.717, 1.165) is 69.1 Å². The minimum Gasteiger partial charge on any atom is -0.386 e. The largest absolute Gasteiger partial charge is 0.386 e. The van der Waals surface area contributed by atoms with E-state index in [1.807, 2.05) is 0 Å². The van der Waals surface area contributed by atoms with Gasteiger partial charge in [0.05, 0.1) is 25.7 Å². The molecule has 1 aromatic rings. The Bertz CT molecular complexity index is 1420. The Morgan fingerprint density at radius 2 is 1.84 bits per heavy atom. The molecule has 6 nitrogen and oxygen atoms in total. The number of Topliss-reactive ketones (excluding diaryl/α,β-unsaturated/α-hetero) is 1. The van der Waals surface area contributed by atoms with Crippen LogP contribution >= 0.6 is 0 Å². The third-order valence-corrected chi connectivity index (χ3v) is 9.30. The van der Waals surface area contributed by atoms with Gasteiger partial charge in [-0.1, -0.05) is 31.4 Å². The molecule has 1 aromatic carbocycles. The summed E-state index contributed by atoms with van der Waals surface area (Å²) in [5.41, 5.74) is 6.32. The number of hydrogen-bond donors (Lipinski definition) is 2. The number of carbonyl (C=O) groups excluding carboxylic acids is 2. The van der Waals surface area contributed by atoms with Crippen LogP contribution < -0.4 is 5.32 Å². The van der Waals surface area contributed by atoms with Crippen molar-refractivity contribution >= 4 is 11.7 Å². The second-order valence-corrected chi connectivity index (χ2v) is 13.3. The zero-order chi connectivity index (χ0) is 32.1. The third kappa shape index (κ3) is 8.19. The molecule has 0 bridgehead atoms. The van der Waals surface area contributed by atoms with Crippen molar-refractivity contribution in [3.63, 3.8) is 0 Å². The number of allylic oxidation sites excluding steroid dienone is 4. The Kier molecular flexibility index (Phi) is 10.8. The van der Waals surface area contributed by atoms with Crippen molar-refractivity contribution in [1.29, 1.82) is 5.26 Å². The van der Waals surface area contributed by atoms with Crippen molar-refractivity contribution in [2.24, 2.45) is 11.8 Å². The lowest BCUT2D eigenvalue weighted by Crippen LogP contribution is -2.32. The van der Waals surface area contributed by atoms with Crippen LogP contribution in [0.3, 0.4) is 0 Å². The minimum atomic E-state index is -3.29. The number of benzene rings is 1. The number of rotatable bonds is 8. The van der Waals surface area contributed by atoms with Crippen molar-refractivity contribution in [3.8, 4) is 6.07 Å². The molecule has 4 rings (SSSR count). The molecule has 0 radical (unpaired) electrons. The van der Waals surface area contributed by atoms with Crippen LogP contribution in [-0.4, -0.2) is 47.4 Å². The number of nitrogens with one attached hydrogen (secondary N) is 1. The van der Waals surface area contributed by atoms with E-state index in [0.29, 0.717) is 22.5 Å². The first-order valence-electron chi connectivity index (χ1n) is 15.9. The summed E-state index contributed by atoms with van der Waals surface area (Å²) in [7, 11) is 4.36. The Balaban J connectivity index is 1.59. The predicted octanol–water partition coefficient (Wildman–Crippen LogP) is 7.48. The van der Waals surface area contributed by atoms with Crippen LogP contribution in [-0.2, 0) is 4.79 Å². The molecule has 3 aliphatic rings. The molecule has 2 N–H and O–H groups in total. The highest BCUT2D eigenvalue weighted by atomic mass is 19.3. The fourth-order valence-corrected chi connectivity index (χ4v) is 6.80. The number of aliphatic hydroxyl groups excluding tert-OH is 1. The van der Waals surface area contributed by atoms with Gasteiger partial charge in [-0.25, -0.2) is 8.78 Å². The molecule has 44 heavy (non-hydrogen) atoms. The van der Waals surface area contributed by atoms with Gasteiger partial charge in [0.1, 0.15) is 23.8 Å². The summed E-state index contributed by atoms with van der Waals surface area (Å²) in [5, 5.41) is 22.2. The zero-order valence-corrected chi connectivity index (χ0v) is 26.5. The van der Waals surface area contributed by atoms with E-state index in [2.05, 4.69) is 50.8 Å². The molecule has 1 saturated carbocycles. The van der Waals surface area contributed by atoms with E-state index in [9.17, 15) is 28.7 Å². The van der Waals surface area contributed by atoms with Crippen molar-refractivity contribution < 1.29 is 28.0 Å². The fourth-order valence-electron chi connectivity index (χ4n) is 6.80. The average Bonchev–Trinajstić information content (AvgIpc) is 3.25. The molecule has 1 aliphatic heterocycles. The molecule has 8 heteroatoms. The van der Waals surface area contributed by atoms with E-state index in [4.69, 9.17) is 0 Å². The van der Waals surface area contributed by atoms with Crippen molar-refractivity contribution in [2.45, 2.75) is 96.5 Å². The number of amides is 1. The highest BCUT2D eigenvalue weighted by Crippen LogP contribution is 2.46. The highest BCUT2D eigenvalue weighted by molar-refractivity contribution is 5.96. The lowest BCUT2D eigenvalue weighted by Gasteiger charge is -2.27. The lowest BCUT2D eigenvalue weighted by molar-refractivity contribution is -0.792. The second-order valence-electron chi connectivity index (χ2n) is 13.3. The van der Waals surface area contributed by atoms with Crippen LogP contribution in [0.4, 0.5) is 8.78 Å². The molecule has 1 heterocycles. The fraction of sp³-hybridized carbons (Fsp3) is 0.528. The number of nitrogens with zero attached hydrogens (tertiary/aromatic N) is 2. The Labute approximate surface area is 260 Å². The molecule has 1 fully saturated rings. The van der Waals surface area contributed by atoms with Gasteiger partial charge in [0.25, 0.3) is 11.8 Å². The molecular formula is C36H46F2N3O3+. The van der Waals surface area contributed by atoms with Gasteiger partial charge in [0, 0.05) is 42.2 Å². The third-order valence-electron chi connectivity index (χ3n) is 9.30. The first-order chi connectivity index (χ1) is 20.8. The topological polar surface area (TPSA) is 90.2 Å². The minimum absolute atomic E-state index is 0.108. The summed E-state index contributed by atoms with van der Waals surface area (Å²) < 4.78 is 27.5. The number of hydrogen-bond acceptors (Lipinski definition) is 4. The first-order valence-corrected chi connectivity index (χ1v) is 15.9. The van der Waals surface area contributed by atoms with Gasteiger partial charge < -0.3 is 10.4 Å². The van der Waals surface area contributed by atoms with E-state index >= 15 is 0 Å². The van der Waals surface area contributed by atoms with Crippen LogP contribution in [0.5, 0.6) is 0 Å². The van der Waals surface area contributed by atoms with Crippen molar-refractivity contribution in [2.75, 3.05) is 14.1 Å². The summed E-state index contributed by atoms with van der Waals surface area (Å²) >= 11 is 0. The summed E-state index contributed by atoms with van der Waals surface area (Å²) in [6, 6.07) is 8.81. The maximum atomic E-state index is 13.5. The van der Waals surface area contributed by atoms with Crippen LogP contribution in [0.2, 0.25) is 0 Å². The Morgan fingerprint density at radius 1 is 1.11 bits per heavy atom. The standard InChI is InChI=1S/C36H45F2N3O3/c1-24-31(40-35(44)28-14-10-12-26(19-28)22-39)15-6-5-7-16-32-34(24)30(23-41(32,3)4)27-13-9-8-11-25(17-18-27)20-29(42)21-33(43)36(2,37)38/h10,12,14-16,19,23,25,27,33,43H,5-9,11,13,17-18,20-21H2,1-4H3/p+1. The number of halogens is 2. The molecule has 0 spiro atoms. The van der Waals surface area contributed by atoms with Gasteiger partial charge in [-0.05, 0) is 87.1 Å². The number of likely N-dealkylation sites (N-methyl/N-ethyl adjacent to an activating group) is 1. The molecule has 0 saturated heterocycles. The highest BCUT2D eigenvalue weighted by Gasteiger charge is 2.40. The predicted molar refractivity (Wildman–Crippen MR) is 167 cm³/mol. The van der Waals surface area contributed by atoms with Gasteiger partial charge in [-0.15, -0.1) is 0 Å². The molecule has 2 aliphatic carbocycles. The summed E-state index contributed by atoms with van der Waals surface area (Å²) in [6.07, 6.45) is 12.8. The van der Waals surface area contributed by atoms with E-state index < -0.39 is 18.4 Å². The number of aliphatic hydroxyl groups is 1. The molecule has 0 aromatic heterocycles. The number of alkyl halides is 2. The number of carbonyl (C=O) groups is 2. The smallest absolute Gasteiger partial charge is 0.271 e. The second kappa shape index (κ2) is 14.1. The van der Waals surface area contributed by atoms with Crippen LogP contribution in [0.25, 0.3) is 0 Å². The van der Waals surface area contributed by atoms with Crippen molar-refractivity contribution in [3.05, 3.63) is 81.9 Å². The Morgan fingerprint density at radius 3 is 2.57 bits per heavy atom. The quantitative estimate of drug-likeness (QED) is 0.300. The normalized spacial score (nSPS) is 23.3. The average molecular weight is 607 g/mol. The van der Waals surface area contributed by atoms with Crippen LogP contribution in [0.15, 0.2) is 70.7 Å². The number of quaternary nitrogens is 1.